The zero-order valence-electron chi connectivity index (χ0n) is 32.2. The first-order valence-corrected chi connectivity index (χ1v) is 21.1. The third-order valence-corrected chi connectivity index (χ3v) is 14.5. The highest BCUT2D eigenvalue weighted by Gasteiger charge is 2.42. The van der Waals surface area contributed by atoms with Gasteiger partial charge in [0.05, 0.1) is 33.3 Å². The number of rotatable bonds is 1. The van der Waals surface area contributed by atoms with Crippen LogP contribution in [0.5, 0.6) is 0 Å². The Balaban J connectivity index is 1.16. The second kappa shape index (κ2) is 10.2. The summed E-state index contributed by atoms with van der Waals surface area (Å²) in [6.45, 7) is 0.0454. The Labute approximate surface area is 343 Å². The van der Waals surface area contributed by atoms with Gasteiger partial charge in [0.25, 0.3) is 6.71 Å². The first-order chi connectivity index (χ1) is 29.8. The van der Waals surface area contributed by atoms with Crippen molar-refractivity contribution < 1.29 is 0 Å². The number of aromatic nitrogens is 3. The number of para-hydroxylation sites is 3. The van der Waals surface area contributed by atoms with E-state index in [2.05, 4.69) is 196 Å². The van der Waals surface area contributed by atoms with Gasteiger partial charge in [-0.2, -0.15) is 0 Å². The second-order valence-corrected chi connectivity index (χ2v) is 17.1. The van der Waals surface area contributed by atoms with Gasteiger partial charge in [0.15, 0.2) is 0 Å². The maximum Gasteiger partial charge on any atom is 0.252 e. The van der Waals surface area contributed by atoms with Crippen molar-refractivity contribution in [1.82, 2.24) is 13.7 Å². The van der Waals surface area contributed by atoms with E-state index < -0.39 is 0 Å². The Morgan fingerprint density at radius 3 is 1.67 bits per heavy atom. The topological polar surface area (TPSA) is 14.8 Å². The van der Waals surface area contributed by atoms with Crippen LogP contribution in [0.3, 0.4) is 0 Å². The van der Waals surface area contributed by atoms with Crippen molar-refractivity contribution in [1.29, 1.82) is 0 Å². The molecular weight excluding hydrogens is 725 g/mol. The van der Waals surface area contributed by atoms with Crippen LogP contribution >= 0.6 is 0 Å². The molecule has 0 saturated heterocycles. The molecule has 0 bridgehead atoms. The number of hydrogen-bond acceptors (Lipinski definition) is 0. The maximum atomic E-state index is 2.66. The summed E-state index contributed by atoms with van der Waals surface area (Å²) in [6, 6.07) is 69.1. The van der Waals surface area contributed by atoms with Crippen LogP contribution in [0.15, 0.2) is 182 Å². The molecule has 3 aliphatic rings. The molecule has 10 aromatic carbocycles. The first kappa shape index (κ1) is 30.3. The number of nitrogens with zero attached hydrogens (tertiary/aromatic N) is 3. The quantitative estimate of drug-likeness (QED) is 0.148. The Morgan fingerprint density at radius 1 is 0.317 bits per heavy atom. The van der Waals surface area contributed by atoms with E-state index in [1.54, 1.807) is 0 Å². The Morgan fingerprint density at radius 2 is 0.883 bits per heavy atom. The summed E-state index contributed by atoms with van der Waals surface area (Å²) in [5.74, 6) is 0. The van der Waals surface area contributed by atoms with Gasteiger partial charge in [0.2, 0.25) is 0 Å². The van der Waals surface area contributed by atoms with E-state index in [0.717, 1.165) is 0 Å². The van der Waals surface area contributed by atoms with Gasteiger partial charge >= 0.3 is 0 Å². The minimum atomic E-state index is 0.0454. The first-order valence-electron chi connectivity index (χ1n) is 21.1. The molecular formula is C56H30BN3. The lowest BCUT2D eigenvalue weighted by Gasteiger charge is -2.34. The van der Waals surface area contributed by atoms with Crippen molar-refractivity contribution in [3.8, 4) is 39.3 Å². The van der Waals surface area contributed by atoms with E-state index >= 15 is 0 Å². The molecule has 272 valence electrons. The average Bonchev–Trinajstić information content (AvgIpc) is 3.93. The summed E-state index contributed by atoms with van der Waals surface area (Å²) in [5, 5.41) is 13.1. The van der Waals surface area contributed by atoms with E-state index in [1.807, 2.05) is 0 Å². The standard InChI is InChI=1S/C56H30BN3/c1-2-13-34-31(11-1)23-27-46-51(34)41-19-10-20-42-55(41)59(46)48-29-33(58-44-21-7-5-16-37(44)38-17-6-8-22-45(38)58)30-49-54(48)57(42)43-26-25-40-36-15-4-3-14-35(36)39-18-9-12-32-24-28-47-53(50(32)39)52(40)56(43)60(47)49/h1-30H. The van der Waals surface area contributed by atoms with Crippen LogP contribution in [0.2, 0.25) is 0 Å². The van der Waals surface area contributed by atoms with E-state index in [0.29, 0.717) is 0 Å². The molecule has 4 heteroatoms. The molecule has 2 aliphatic heterocycles. The van der Waals surface area contributed by atoms with Crippen molar-refractivity contribution in [2.75, 3.05) is 0 Å². The molecule has 1 aliphatic carbocycles. The summed E-state index contributed by atoms with van der Waals surface area (Å²) < 4.78 is 7.79. The normalized spacial score (nSPS) is 13.3. The van der Waals surface area contributed by atoms with Crippen molar-refractivity contribution >= 4 is 110 Å². The molecule has 0 N–H and O–H groups in total. The predicted octanol–water partition coefficient (Wildman–Crippen LogP) is 12.1. The van der Waals surface area contributed by atoms with Gasteiger partial charge in [-0.05, 0) is 96.6 Å². The molecule has 0 amide bonds. The van der Waals surface area contributed by atoms with Crippen LogP contribution in [0, 0.1) is 0 Å². The zero-order valence-corrected chi connectivity index (χ0v) is 32.2. The summed E-state index contributed by atoms with van der Waals surface area (Å²) >= 11 is 0. The third-order valence-electron chi connectivity index (χ3n) is 14.5. The van der Waals surface area contributed by atoms with E-state index in [1.165, 1.54) is 143 Å². The molecule has 0 unspecified atom stereocenters. The molecule has 3 nitrogen and oxygen atoms in total. The Kier molecular flexibility index (Phi) is 5.17. The number of fused-ring (bicyclic) bond motifs is 16. The van der Waals surface area contributed by atoms with Crippen molar-refractivity contribution in [2.24, 2.45) is 0 Å². The van der Waals surface area contributed by atoms with E-state index in [9.17, 15) is 0 Å². The van der Waals surface area contributed by atoms with Gasteiger partial charge in [-0.15, -0.1) is 0 Å². The largest absolute Gasteiger partial charge is 0.310 e. The third kappa shape index (κ3) is 3.32. The molecule has 0 atom stereocenters. The molecule has 3 aromatic heterocycles. The lowest BCUT2D eigenvalue weighted by Crippen LogP contribution is -2.59. The van der Waals surface area contributed by atoms with Gasteiger partial charge in [0.1, 0.15) is 0 Å². The molecule has 13 aromatic rings. The molecule has 16 rings (SSSR count). The van der Waals surface area contributed by atoms with Crippen LogP contribution in [-0.4, -0.2) is 20.4 Å². The summed E-state index contributed by atoms with van der Waals surface area (Å²) in [5.41, 5.74) is 20.6. The highest BCUT2D eigenvalue weighted by atomic mass is 15.1. The Hall–Kier alpha value is -7.82. The lowest BCUT2D eigenvalue weighted by atomic mass is 9.34. The molecule has 0 radical (unpaired) electrons. The zero-order chi connectivity index (χ0) is 38.5. The average molecular weight is 756 g/mol. The van der Waals surface area contributed by atoms with Crippen molar-refractivity contribution in [3.05, 3.63) is 182 Å². The van der Waals surface area contributed by atoms with Crippen LogP contribution in [0.25, 0.3) is 126 Å². The van der Waals surface area contributed by atoms with Crippen LogP contribution < -0.4 is 16.4 Å². The summed E-state index contributed by atoms with van der Waals surface area (Å²) in [6.07, 6.45) is 0. The molecule has 60 heavy (non-hydrogen) atoms. The number of hydrogen-bond donors (Lipinski definition) is 0. The van der Waals surface area contributed by atoms with Crippen LogP contribution in [0.1, 0.15) is 0 Å². The van der Waals surface area contributed by atoms with E-state index in [-0.39, 0.29) is 6.71 Å². The highest BCUT2D eigenvalue weighted by molar-refractivity contribution is 7.00. The van der Waals surface area contributed by atoms with Crippen LogP contribution in [-0.2, 0) is 0 Å². The fourth-order valence-electron chi connectivity index (χ4n) is 12.3. The highest BCUT2D eigenvalue weighted by Crippen LogP contribution is 2.51. The Bertz CT molecular complexity index is 4140. The molecule has 0 saturated carbocycles. The summed E-state index contributed by atoms with van der Waals surface area (Å²) in [7, 11) is 0. The lowest BCUT2D eigenvalue weighted by molar-refractivity contribution is 1.10. The molecule has 0 fully saturated rings. The SMILES string of the molecule is c1ccc2c(c1)-c1cccc3ccc4c(c13)c1c-2ccc2c1n4-c1cc(-n3c4ccccc4c4ccccc43)cc3c1B2c1cccc2c4c5ccccc5ccc4n-3c12. The smallest absolute Gasteiger partial charge is 0.252 e. The van der Waals surface area contributed by atoms with E-state index in [4.69, 9.17) is 0 Å². The summed E-state index contributed by atoms with van der Waals surface area (Å²) in [4.78, 5) is 0. The van der Waals surface area contributed by atoms with Gasteiger partial charge in [-0.3, -0.25) is 0 Å². The number of benzene rings is 10. The van der Waals surface area contributed by atoms with Gasteiger partial charge in [-0.25, -0.2) is 0 Å². The maximum absolute atomic E-state index is 2.66. The van der Waals surface area contributed by atoms with Crippen molar-refractivity contribution in [2.45, 2.75) is 0 Å². The monoisotopic (exact) mass is 755 g/mol. The predicted molar refractivity (Wildman–Crippen MR) is 254 cm³/mol. The van der Waals surface area contributed by atoms with Gasteiger partial charge in [-0.1, -0.05) is 146 Å². The van der Waals surface area contributed by atoms with Crippen molar-refractivity contribution in [3.63, 3.8) is 0 Å². The fourth-order valence-corrected chi connectivity index (χ4v) is 12.3. The second-order valence-electron chi connectivity index (χ2n) is 17.1. The minimum absolute atomic E-state index is 0.0454. The van der Waals surface area contributed by atoms with Gasteiger partial charge in [0, 0.05) is 49.2 Å². The van der Waals surface area contributed by atoms with Gasteiger partial charge < -0.3 is 13.7 Å². The molecule has 0 spiro atoms. The minimum Gasteiger partial charge on any atom is -0.310 e. The van der Waals surface area contributed by atoms with Crippen LogP contribution in [0.4, 0.5) is 0 Å². The fraction of sp³-hybridized carbons (Fsp3) is 0. The molecule has 5 heterocycles.